The quantitative estimate of drug-likeness (QED) is 0.166. The van der Waals surface area contributed by atoms with Crippen molar-refractivity contribution in [3.8, 4) is 0 Å². The van der Waals surface area contributed by atoms with Crippen molar-refractivity contribution < 1.29 is 0 Å². The molecule has 7 aromatic carbocycles. The van der Waals surface area contributed by atoms with E-state index in [0.29, 0.717) is 0 Å². The molecule has 9 aromatic rings. The molecule has 0 saturated carbocycles. The van der Waals surface area contributed by atoms with Gasteiger partial charge in [-0.1, -0.05) is 103 Å². The Morgan fingerprint density at radius 2 is 1.32 bits per heavy atom. The molecular formula is C58H46N4. The van der Waals surface area contributed by atoms with E-state index in [1.54, 1.807) is 0 Å². The van der Waals surface area contributed by atoms with Gasteiger partial charge in [0.25, 0.3) is 0 Å². The molecule has 4 heteroatoms. The van der Waals surface area contributed by atoms with E-state index in [1.165, 1.54) is 117 Å². The smallest absolute Gasteiger partial charge is 0.0703 e. The van der Waals surface area contributed by atoms with Crippen molar-refractivity contribution in [2.75, 3.05) is 14.7 Å². The fourth-order valence-electron chi connectivity index (χ4n) is 11.4. The van der Waals surface area contributed by atoms with Gasteiger partial charge in [0.05, 0.1) is 39.7 Å². The van der Waals surface area contributed by atoms with Gasteiger partial charge < -0.3 is 19.1 Å². The number of rotatable bonds is 6. The Morgan fingerprint density at radius 3 is 2.11 bits per heavy atom. The van der Waals surface area contributed by atoms with E-state index in [0.717, 1.165) is 18.5 Å². The lowest BCUT2D eigenvalue weighted by Gasteiger charge is -2.30. The molecule has 0 N–H and O–H groups in total. The first kappa shape index (κ1) is 35.5. The minimum absolute atomic E-state index is 0.191. The third kappa shape index (κ3) is 4.83. The standard InChI is InChI=1S/C58H46N4/c1-35-27-29-37(3)51(31-35)59(39-15-7-5-8-16-39)47-23-13-25-49-55(47)43-21-11-19-41-45-34-54-46(33-53(45)61(49)57(41)43)42-20-12-22-44-56-48(24-14-26-50(56)62(54)58(42)44)60(40-17-9-6-10-18-40)52-32-36(2)28-30-38(52)4/h5,7-9,11-34,41,57H,6,10H2,1-4H3. The molecule has 0 saturated heterocycles. The molecule has 2 aromatic heterocycles. The lowest BCUT2D eigenvalue weighted by atomic mass is 9.84. The Morgan fingerprint density at radius 1 is 0.581 bits per heavy atom. The number of aryl methyl sites for hydroxylation is 4. The highest BCUT2D eigenvalue weighted by molar-refractivity contribution is 6.26. The molecular weight excluding hydrogens is 753 g/mol. The summed E-state index contributed by atoms with van der Waals surface area (Å²) in [6.45, 7) is 8.87. The fraction of sp³-hybridized carbons (Fsp3) is 0.138. The summed E-state index contributed by atoms with van der Waals surface area (Å²) in [6, 6.07) is 50.6. The lowest BCUT2D eigenvalue weighted by Crippen LogP contribution is -2.26. The number of anilines is 7. The van der Waals surface area contributed by atoms with Crippen molar-refractivity contribution in [2.24, 2.45) is 0 Å². The van der Waals surface area contributed by atoms with Crippen molar-refractivity contribution in [3.63, 3.8) is 0 Å². The SMILES string of the molecule is Cc1ccc(C)c(N(C2=CCCC=C2)c2cccc3c2c2cccc4c5cc6c(cc5n3c42)C2C=CC=C3c4c(N(c5ccccc5)c5cc(C)ccc5C)cccc4N6C32)c1. The van der Waals surface area contributed by atoms with Gasteiger partial charge in [-0.15, -0.1) is 0 Å². The van der Waals surface area contributed by atoms with E-state index in [4.69, 9.17) is 0 Å². The Balaban J connectivity index is 1.03. The van der Waals surface area contributed by atoms with Crippen LogP contribution in [-0.2, 0) is 0 Å². The second-order valence-corrected chi connectivity index (χ2v) is 17.9. The number of hydrogen-bond donors (Lipinski definition) is 0. The second-order valence-electron chi connectivity index (χ2n) is 17.9. The number of para-hydroxylation sites is 2. The molecule has 0 spiro atoms. The molecule has 2 unspecified atom stereocenters. The highest BCUT2D eigenvalue weighted by Gasteiger charge is 2.48. The highest BCUT2D eigenvalue weighted by atomic mass is 15.2. The molecule has 13 rings (SSSR count). The van der Waals surface area contributed by atoms with Gasteiger partial charge >= 0.3 is 0 Å². The largest absolute Gasteiger partial charge is 0.332 e. The van der Waals surface area contributed by atoms with Crippen LogP contribution < -0.4 is 14.7 Å². The molecule has 0 bridgehead atoms. The van der Waals surface area contributed by atoms with Gasteiger partial charge in [-0.2, -0.15) is 0 Å². The van der Waals surface area contributed by atoms with Gasteiger partial charge in [0, 0.05) is 61.5 Å². The van der Waals surface area contributed by atoms with Gasteiger partial charge in [0.1, 0.15) is 0 Å². The maximum Gasteiger partial charge on any atom is 0.0703 e. The third-order valence-corrected chi connectivity index (χ3v) is 14.1. The zero-order valence-corrected chi connectivity index (χ0v) is 35.5. The van der Waals surface area contributed by atoms with Crippen LogP contribution in [0.2, 0.25) is 0 Å². The van der Waals surface area contributed by atoms with Crippen molar-refractivity contribution in [3.05, 3.63) is 209 Å². The average molecular weight is 799 g/mol. The van der Waals surface area contributed by atoms with E-state index in [-0.39, 0.29) is 12.0 Å². The first-order valence-corrected chi connectivity index (χ1v) is 22.2. The van der Waals surface area contributed by atoms with E-state index in [1.807, 2.05) is 0 Å². The van der Waals surface area contributed by atoms with Crippen LogP contribution in [0.4, 0.5) is 39.8 Å². The van der Waals surface area contributed by atoms with Gasteiger partial charge in [-0.3, -0.25) is 0 Å². The van der Waals surface area contributed by atoms with Crippen LogP contribution >= 0.6 is 0 Å². The summed E-state index contributed by atoms with van der Waals surface area (Å²) in [6.07, 6.45) is 16.3. The van der Waals surface area contributed by atoms with Crippen molar-refractivity contribution in [2.45, 2.75) is 52.5 Å². The Hall–Kier alpha value is -7.30. The van der Waals surface area contributed by atoms with Crippen molar-refractivity contribution in [1.82, 2.24) is 4.40 Å². The Bertz CT molecular complexity index is 3490. The highest BCUT2D eigenvalue weighted by Crippen LogP contribution is 2.61. The summed E-state index contributed by atoms with van der Waals surface area (Å²) in [7, 11) is 0. The van der Waals surface area contributed by atoms with Gasteiger partial charge in [0.15, 0.2) is 0 Å². The van der Waals surface area contributed by atoms with Crippen LogP contribution in [0.15, 0.2) is 176 Å². The van der Waals surface area contributed by atoms with E-state index >= 15 is 0 Å². The number of hydrogen-bond acceptors (Lipinski definition) is 3. The van der Waals surface area contributed by atoms with E-state index in [2.05, 4.69) is 217 Å². The van der Waals surface area contributed by atoms with Gasteiger partial charge in [0.2, 0.25) is 0 Å². The van der Waals surface area contributed by atoms with Crippen molar-refractivity contribution in [1.29, 1.82) is 0 Å². The van der Waals surface area contributed by atoms with Crippen LogP contribution in [-0.4, -0.2) is 10.4 Å². The number of benzene rings is 7. The lowest BCUT2D eigenvalue weighted by molar-refractivity contribution is 0.781. The second kappa shape index (κ2) is 13.1. The van der Waals surface area contributed by atoms with Crippen molar-refractivity contribution >= 4 is 83.5 Å². The Labute approximate surface area is 362 Å². The molecule has 0 fully saturated rings. The zero-order valence-electron chi connectivity index (χ0n) is 35.5. The molecule has 298 valence electrons. The minimum atomic E-state index is 0.191. The monoisotopic (exact) mass is 798 g/mol. The summed E-state index contributed by atoms with van der Waals surface area (Å²) >= 11 is 0. The first-order chi connectivity index (χ1) is 30.4. The molecule has 2 atom stereocenters. The Kier molecular flexibility index (Phi) is 7.49. The van der Waals surface area contributed by atoms with E-state index < -0.39 is 0 Å². The van der Waals surface area contributed by atoms with Crippen LogP contribution in [0.3, 0.4) is 0 Å². The number of allylic oxidation sites excluding steroid dienone is 5. The molecule has 2 aliphatic heterocycles. The topological polar surface area (TPSA) is 14.1 Å². The zero-order chi connectivity index (χ0) is 41.4. The molecule has 0 radical (unpaired) electrons. The summed E-state index contributed by atoms with van der Waals surface area (Å²) in [5.74, 6) is 0.225. The average Bonchev–Trinajstić information content (AvgIpc) is 4.03. The van der Waals surface area contributed by atoms with Crippen LogP contribution in [0.25, 0.3) is 43.7 Å². The third-order valence-electron chi connectivity index (χ3n) is 14.1. The maximum atomic E-state index is 2.66. The molecule has 4 nitrogen and oxygen atoms in total. The first-order valence-electron chi connectivity index (χ1n) is 22.2. The van der Waals surface area contributed by atoms with Gasteiger partial charge in [-0.05, 0) is 141 Å². The molecule has 4 heterocycles. The molecule has 0 amide bonds. The van der Waals surface area contributed by atoms with E-state index in [9.17, 15) is 0 Å². The fourth-order valence-corrected chi connectivity index (χ4v) is 11.4. The molecule has 2 aliphatic carbocycles. The summed E-state index contributed by atoms with van der Waals surface area (Å²) in [4.78, 5) is 7.66. The van der Waals surface area contributed by atoms with Gasteiger partial charge in [-0.25, -0.2) is 0 Å². The number of fused-ring (bicyclic) bond motifs is 12. The number of nitrogens with zero attached hydrogens (tertiary/aromatic N) is 4. The summed E-state index contributed by atoms with van der Waals surface area (Å²) < 4.78 is 2.58. The maximum absolute atomic E-state index is 2.66. The predicted molar refractivity (Wildman–Crippen MR) is 262 cm³/mol. The number of aromatic nitrogens is 1. The summed E-state index contributed by atoms with van der Waals surface area (Å²) in [5, 5.41) is 5.20. The molecule has 4 aliphatic rings. The van der Waals surface area contributed by atoms with Crippen LogP contribution in [0, 0.1) is 27.7 Å². The normalized spacial score (nSPS) is 17.3. The predicted octanol–water partition coefficient (Wildman–Crippen LogP) is 15.5. The van der Waals surface area contributed by atoms with Crippen LogP contribution in [0.5, 0.6) is 0 Å². The molecule has 62 heavy (non-hydrogen) atoms. The van der Waals surface area contributed by atoms with Crippen LogP contribution in [0.1, 0.15) is 52.1 Å². The minimum Gasteiger partial charge on any atom is -0.332 e. The summed E-state index contributed by atoms with van der Waals surface area (Å²) in [5.41, 5.74) is 22.9.